The summed E-state index contributed by atoms with van der Waals surface area (Å²) in [6, 6.07) is -1.64. The van der Waals surface area contributed by atoms with E-state index in [1.165, 1.54) is 6.08 Å². The van der Waals surface area contributed by atoms with E-state index >= 15 is 0 Å². The molecule has 0 aromatic rings. The molecule has 15 heteroatoms. The fourth-order valence-electron chi connectivity index (χ4n) is 3.01. The van der Waals surface area contributed by atoms with Gasteiger partial charge in [0.25, 0.3) is 0 Å². The van der Waals surface area contributed by atoms with E-state index in [4.69, 9.17) is 28.4 Å². The van der Waals surface area contributed by atoms with Crippen molar-refractivity contribution in [3.8, 4) is 0 Å². The molecule has 2 N–H and O–H groups in total. The highest BCUT2D eigenvalue weighted by Gasteiger charge is 2.53. The predicted octanol–water partition coefficient (Wildman–Crippen LogP) is -0.548. The van der Waals surface area contributed by atoms with Crippen LogP contribution in [0.25, 0.3) is 0 Å². The third-order valence-electron chi connectivity index (χ3n) is 4.30. The van der Waals surface area contributed by atoms with Crippen molar-refractivity contribution in [2.45, 2.75) is 64.4 Å². The second kappa shape index (κ2) is 14.6. The number of nitrogens with one attached hydrogen (secondary N) is 1. The van der Waals surface area contributed by atoms with E-state index in [1.54, 1.807) is 0 Å². The van der Waals surface area contributed by atoms with Crippen molar-refractivity contribution in [1.82, 2.24) is 5.32 Å². The lowest BCUT2D eigenvalue weighted by Gasteiger charge is -2.44. The lowest BCUT2D eigenvalue weighted by molar-refractivity contribution is -0.308. The monoisotopic (exact) mass is 519 g/mol. The van der Waals surface area contributed by atoms with Crippen LogP contribution in [0.5, 0.6) is 0 Å². The number of hydrogen-bond donors (Lipinski definition) is 2. The quantitative estimate of drug-likeness (QED) is 0.189. The molecule has 1 aliphatic rings. The largest absolute Gasteiger partial charge is 0.480 e. The average molecular weight is 519 g/mol. The lowest BCUT2D eigenvalue weighted by Crippen LogP contribution is -2.63. The number of carbonyl (C=O) groups excluding carboxylic acids is 5. The summed E-state index contributed by atoms with van der Waals surface area (Å²) in [6.07, 6.45) is -7.16. The van der Waals surface area contributed by atoms with Crippen molar-refractivity contribution in [2.75, 3.05) is 19.8 Å². The normalized spacial score (nSPS) is 23.8. The average Bonchev–Trinajstić information content (AvgIpc) is 2.76. The molecule has 0 aromatic carbocycles. The van der Waals surface area contributed by atoms with Crippen molar-refractivity contribution in [1.29, 1.82) is 0 Å². The number of esters is 4. The molecular weight excluding hydrogens is 490 g/mol. The molecule has 0 aromatic heterocycles. The summed E-state index contributed by atoms with van der Waals surface area (Å²) in [6.45, 7) is 6.20. The Morgan fingerprint density at radius 3 is 1.94 bits per heavy atom. The van der Waals surface area contributed by atoms with Gasteiger partial charge >= 0.3 is 35.9 Å². The maximum atomic E-state index is 11.8. The van der Waals surface area contributed by atoms with Crippen LogP contribution in [0.4, 0.5) is 4.79 Å². The Labute approximate surface area is 205 Å². The number of hydrogen-bond acceptors (Lipinski definition) is 13. The molecule has 0 bridgehead atoms. The number of carboxylic acids is 1. The minimum Gasteiger partial charge on any atom is -0.480 e. The third-order valence-corrected chi connectivity index (χ3v) is 4.30. The molecule has 1 aliphatic heterocycles. The summed E-state index contributed by atoms with van der Waals surface area (Å²) >= 11 is 0. The number of alkyl carbamates (subject to hydrolysis) is 1. The topological polar surface area (TPSA) is 199 Å². The molecule has 6 atom stereocenters. The van der Waals surface area contributed by atoms with Gasteiger partial charge in [-0.3, -0.25) is 19.2 Å². The first kappa shape index (κ1) is 30.3. The molecule has 0 radical (unpaired) electrons. The Morgan fingerprint density at radius 2 is 1.44 bits per heavy atom. The first-order valence-electron chi connectivity index (χ1n) is 10.5. The van der Waals surface area contributed by atoms with Gasteiger partial charge in [-0.05, 0) is 0 Å². The highest BCUT2D eigenvalue weighted by atomic mass is 16.7. The number of carboxylic acid groups (broad SMARTS) is 1. The van der Waals surface area contributed by atoms with Gasteiger partial charge in [-0.25, -0.2) is 9.59 Å². The highest BCUT2D eigenvalue weighted by molar-refractivity contribution is 5.80. The van der Waals surface area contributed by atoms with Gasteiger partial charge in [0.05, 0.1) is 6.61 Å². The van der Waals surface area contributed by atoms with Crippen molar-refractivity contribution in [3.05, 3.63) is 12.7 Å². The molecule has 1 saturated heterocycles. The Balaban J connectivity index is 3.26. The van der Waals surface area contributed by atoms with Crippen LogP contribution in [0, 0.1) is 0 Å². The molecule has 0 aliphatic carbocycles. The zero-order valence-corrected chi connectivity index (χ0v) is 20.1. The number of carbonyl (C=O) groups is 6. The van der Waals surface area contributed by atoms with Gasteiger partial charge in [0.15, 0.2) is 30.6 Å². The summed E-state index contributed by atoms with van der Waals surface area (Å²) < 4.78 is 36.4. The van der Waals surface area contributed by atoms with Crippen LogP contribution < -0.4 is 5.32 Å². The fraction of sp³-hybridized carbons (Fsp3) is 0.619. The maximum absolute atomic E-state index is 11.8. The Kier molecular flexibility index (Phi) is 12.3. The molecule has 36 heavy (non-hydrogen) atoms. The van der Waals surface area contributed by atoms with E-state index in [0.717, 1.165) is 27.7 Å². The van der Waals surface area contributed by atoms with Crippen LogP contribution in [0.3, 0.4) is 0 Å². The van der Waals surface area contributed by atoms with Crippen LogP contribution in [0.15, 0.2) is 12.7 Å². The molecule has 202 valence electrons. The van der Waals surface area contributed by atoms with Crippen LogP contribution in [-0.2, 0) is 57.1 Å². The van der Waals surface area contributed by atoms with Crippen molar-refractivity contribution in [2.24, 2.45) is 0 Å². The van der Waals surface area contributed by atoms with E-state index in [-0.39, 0.29) is 6.61 Å². The van der Waals surface area contributed by atoms with Crippen LogP contribution in [0.1, 0.15) is 27.7 Å². The van der Waals surface area contributed by atoms with Gasteiger partial charge in [-0.1, -0.05) is 12.7 Å². The predicted molar refractivity (Wildman–Crippen MR) is 114 cm³/mol. The fourth-order valence-corrected chi connectivity index (χ4v) is 3.01. The van der Waals surface area contributed by atoms with Crippen LogP contribution >= 0.6 is 0 Å². The standard InChI is InChI=1S/C21H29NO14/c1-6-7-30-21(29)22-14(19(27)28)8-32-20-18(35-13(5)26)17(34-12(4)25)16(33-11(3)24)15(36-20)9-31-10(2)23/h6,14-18,20H,1,7-9H2,2-5H3,(H,22,29)(H,27,28)/t14-,15+,16-,17-,18+,20+/m0/s1. The van der Waals surface area contributed by atoms with E-state index in [1.807, 2.05) is 0 Å². The van der Waals surface area contributed by atoms with E-state index in [0.29, 0.717) is 0 Å². The molecule has 1 heterocycles. The molecule has 1 amide bonds. The maximum Gasteiger partial charge on any atom is 0.408 e. The van der Waals surface area contributed by atoms with Gasteiger partial charge in [-0.15, -0.1) is 0 Å². The number of ether oxygens (including phenoxy) is 7. The Bertz CT molecular complexity index is 842. The first-order chi connectivity index (χ1) is 16.8. The Hall–Kier alpha value is -3.72. The van der Waals surface area contributed by atoms with Crippen LogP contribution in [-0.4, -0.2) is 97.6 Å². The van der Waals surface area contributed by atoms with Crippen molar-refractivity contribution >= 4 is 35.9 Å². The smallest absolute Gasteiger partial charge is 0.408 e. The van der Waals surface area contributed by atoms with Gasteiger partial charge in [0.1, 0.15) is 19.3 Å². The minimum atomic E-state index is -1.64. The second-order valence-corrected chi connectivity index (χ2v) is 7.32. The summed E-state index contributed by atoms with van der Waals surface area (Å²) in [5.74, 6) is -4.75. The Morgan fingerprint density at radius 1 is 0.889 bits per heavy atom. The number of amides is 1. The van der Waals surface area contributed by atoms with Crippen molar-refractivity contribution < 1.29 is 67.0 Å². The third kappa shape index (κ3) is 10.3. The summed E-state index contributed by atoms with van der Waals surface area (Å²) in [5, 5.41) is 11.5. The molecule has 1 rings (SSSR count). The first-order valence-corrected chi connectivity index (χ1v) is 10.5. The second-order valence-electron chi connectivity index (χ2n) is 7.32. The van der Waals surface area contributed by atoms with E-state index in [2.05, 4.69) is 16.6 Å². The molecular formula is C21H29NO14. The van der Waals surface area contributed by atoms with Crippen LogP contribution in [0.2, 0.25) is 0 Å². The summed E-state index contributed by atoms with van der Waals surface area (Å²) in [7, 11) is 0. The number of aliphatic carboxylic acids is 1. The summed E-state index contributed by atoms with van der Waals surface area (Å²) in [4.78, 5) is 70.0. The molecule has 15 nitrogen and oxygen atoms in total. The molecule has 0 unspecified atom stereocenters. The molecule has 1 fully saturated rings. The number of rotatable bonds is 12. The van der Waals surface area contributed by atoms with E-state index < -0.39 is 85.9 Å². The molecule has 0 spiro atoms. The lowest BCUT2D eigenvalue weighted by atomic mass is 9.98. The van der Waals surface area contributed by atoms with Crippen molar-refractivity contribution in [3.63, 3.8) is 0 Å². The zero-order chi connectivity index (χ0) is 27.4. The summed E-state index contributed by atoms with van der Waals surface area (Å²) in [5.41, 5.74) is 0. The van der Waals surface area contributed by atoms with Gasteiger partial charge in [0, 0.05) is 27.7 Å². The van der Waals surface area contributed by atoms with E-state index in [9.17, 15) is 33.9 Å². The molecule has 0 saturated carbocycles. The van der Waals surface area contributed by atoms with Gasteiger partial charge in [-0.2, -0.15) is 0 Å². The highest BCUT2D eigenvalue weighted by Crippen LogP contribution is 2.30. The SMILES string of the molecule is C=CCOC(=O)N[C@@H](CO[C@@H]1O[C@H](COC(C)=O)[C@H](OC(C)=O)[C@H](OC(C)=O)[C@H]1OC(C)=O)C(=O)O. The minimum absolute atomic E-state index is 0.182. The van der Waals surface area contributed by atoms with Gasteiger partial charge < -0.3 is 43.6 Å². The zero-order valence-electron chi connectivity index (χ0n) is 20.1. The van der Waals surface area contributed by atoms with Gasteiger partial charge in [0.2, 0.25) is 0 Å².